The highest BCUT2D eigenvalue weighted by atomic mass is 16.4. The molecule has 178 valence electrons. The van der Waals surface area contributed by atoms with Crippen molar-refractivity contribution in [2.45, 2.75) is 43.9 Å². The Hall–Kier alpha value is -3.48. The number of piperidine rings is 1. The molecule has 0 aromatic carbocycles. The molecule has 3 heterocycles. The summed E-state index contributed by atoms with van der Waals surface area (Å²) in [5.41, 5.74) is -0.835. The molecule has 3 rings (SSSR count). The normalized spacial score (nSPS) is 16.4. The minimum atomic E-state index is -2.74. The van der Waals surface area contributed by atoms with Crippen LogP contribution in [0.15, 0.2) is 36.8 Å². The van der Waals surface area contributed by atoms with Crippen molar-refractivity contribution < 1.29 is 39.9 Å². The molecule has 0 amide bonds. The van der Waals surface area contributed by atoms with Gasteiger partial charge in [0, 0.05) is 37.2 Å². The Morgan fingerprint density at radius 2 is 1.79 bits per heavy atom. The van der Waals surface area contributed by atoms with Gasteiger partial charge in [0.25, 0.3) is 0 Å². The van der Waals surface area contributed by atoms with Gasteiger partial charge in [0.15, 0.2) is 11.4 Å². The first kappa shape index (κ1) is 25.8. The fourth-order valence-corrected chi connectivity index (χ4v) is 3.24. The van der Waals surface area contributed by atoms with Gasteiger partial charge in [-0.05, 0) is 37.6 Å². The van der Waals surface area contributed by atoms with Gasteiger partial charge in [0.2, 0.25) is 0 Å². The van der Waals surface area contributed by atoms with Gasteiger partial charge in [0.1, 0.15) is 0 Å². The van der Waals surface area contributed by atoms with E-state index in [0.29, 0.717) is 5.82 Å². The highest BCUT2D eigenvalue weighted by molar-refractivity contribution is 5.88. The molecule has 1 aliphatic rings. The van der Waals surface area contributed by atoms with Crippen LogP contribution in [0.5, 0.6) is 0 Å². The summed E-state index contributed by atoms with van der Waals surface area (Å²) in [6.07, 6.45) is 4.74. The standard InChI is InChI=1S/C15H18N4O.C6H8O7/c20-14-4-2-8-19(11-14)10-13-5-7-17-15(18-13)12-3-1-6-16-9-12;7-3(8)1-6(13,5(11)12)2-4(9)10/h1,3,5-7,9,14,20H,2,4,8,10-11H2;13H,1-2H2,(H,7,8)(H,9,10)(H,11,12). The Balaban J connectivity index is 0.000000260. The van der Waals surface area contributed by atoms with E-state index < -0.39 is 36.4 Å². The number of carboxylic acid groups (broad SMARTS) is 3. The van der Waals surface area contributed by atoms with Crippen LogP contribution in [0.4, 0.5) is 0 Å². The van der Waals surface area contributed by atoms with E-state index in [2.05, 4.69) is 19.9 Å². The molecule has 1 aliphatic heterocycles. The number of aliphatic carboxylic acids is 3. The number of carboxylic acids is 3. The van der Waals surface area contributed by atoms with Crippen molar-refractivity contribution in [3.8, 4) is 11.4 Å². The number of likely N-dealkylation sites (tertiary alicyclic amines) is 1. The molecule has 1 saturated heterocycles. The van der Waals surface area contributed by atoms with Crippen molar-refractivity contribution in [1.82, 2.24) is 19.9 Å². The summed E-state index contributed by atoms with van der Waals surface area (Å²) in [6, 6.07) is 5.77. The first-order valence-corrected chi connectivity index (χ1v) is 10.1. The van der Waals surface area contributed by atoms with E-state index in [-0.39, 0.29) is 6.10 Å². The minimum absolute atomic E-state index is 0.205. The molecular formula is C21H26N4O8. The van der Waals surface area contributed by atoms with Crippen molar-refractivity contribution in [3.05, 3.63) is 42.5 Å². The van der Waals surface area contributed by atoms with Crippen molar-refractivity contribution >= 4 is 17.9 Å². The van der Waals surface area contributed by atoms with Crippen LogP contribution >= 0.6 is 0 Å². The SMILES string of the molecule is O=C(O)CC(O)(CC(=O)O)C(=O)O.OC1CCCN(Cc2ccnc(-c3cccnc3)n2)C1. The average molecular weight is 462 g/mol. The lowest BCUT2D eigenvalue weighted by atomic mass is 9.96. The maximum Gasteiger partial charge on any atom is 0.336 e. The highest BCUT2D eigenvalue weighted by Crippen LogP contribution is 2.17. The summed E-state index contributed by atoms with van der Waals surface area (Å²) in [5.74, 6) is -4.32. The van der Waals surface area contributed by atoms with Crippen LogP contribution < -0.4 is 0 Å². The smallest absolute Gasteiger partial charge is 0.336 e. The number of carbonyl (C=O) groups is 3. The largest absolute Gasteiger partial charge is 0.481 e. The number of pyridine rings is 1. The minimum Gasteiger partial charge on any atom is -0.481 e. The van der Waals surface area contributed by atoms with Crippen molar-refractivity contribution in [2.75, 3.05) is 13.1 Å². The third-order valence-electron chi connectivity index (χ3n) is 4.78. The predicted molar refractivity (Wildman–Crippen MR) is 113 cm³/mol. The van der Waals surface area contributed by atoms with Gasteiger partial charge in [-0.15, -0.1) is 0 Å². The Kier molecular flexibility index (Phi) is 9.33. The quantitative estimate of drug-likeness (QED) is 0.359. The van der Waals surface area contributed by atoms with E-state index in [1.54, 1.807) is 18.6 Å². The summed E-state index contributed by atoms with van der Waals surface area (Å²) in [4.78, 5) is 45.7. The fraction of sp³-hybridized carbons (Fsp3) is 0.429. The van der Waals surface area contributed by atoms with Gasteiger partial charge >= 0.3 is 17.9 Å². The van der Waals surface area contributed by atoms with E-state index in [4.69, 9.17) is 20.4 Å². The predicted octanol–water partition coefficient (Wildman–Crippen LogP) is 0.247. The van der Waals surface area contributed by atoms with Crippen LogP contribution in [-0.4, -0.2) is 88.1 Å². The topological polar surface area (TPSA) is 194 Å². The number of aromatic nitrogens is 3. The van der Waals surface area contributed by atoms with Gasteiger partial charge in [-0.2, -0.15) is 0 Å². The van der Waals surface area contributed by atoms with Gasteiger partial charge < -0.3 is 25.5 Å². The van der Waals surface area contributed by atoms with E-state index in [9.17, 15) is 19.5 Å². The molecule has 33 heavy (non-hydrogen) atoms. The number of aliphatic hydroxyl groups excluding tert-OH is 1. The maximum absolute atomic E-state index is 10.3. The number of β-amino-alcohol motifs (C(OH)–C–C–N with tert-alkyl or cyclic N) is 1. The molecule has 5 N–H and O–H groups in total. The Bertz CT molecular complexity index is 940. The molecule has 2 aromatic rings. The summed E-state index contributed by atoms with van der Waals surface area (Å²) in [5, 5.41) is 43.5. The lowest BCUT2D eigenvalue weighted by molar-refractivity contribution is -0.170. The Labute approximate surface area is 189 Å². The fourth-order valence-electron chi connectivity index (χ4n) is 3.24. The first-order valence-electron chi connectivity index (χ1n) is 10.1. The molecule has 0 radical (unpaired) electrons. The van der Waals surface area contributed by atoms with Gasteiger partial charge in [0.05, 0.1) is 24.6 Å². The number of hydrogen-bond acceptors (Lipinski definition) is 9. The van der Waals surface area contributed by atoms with Crippen LogP contribution in [0.3, 0.4) is 0 Å². The molecule has 2 aromatic heterocycles. The second-order valence-corrected chi connectivity index (χ2v) is 7.62. The molecule has 0 saturated carbocycles. The molecule has 1 atom stereocenters. The van der Waals surface area contributed by atoms with Crippen LogP contribution in [0, 0.1) is 0 Å². The van der Waals surface area contributed by atoms with Crippen LogP contribution in [0.1, 0.15) is 31.4 Å². The third-order valence-corrected chi connectivity index (χ3v) is 4.78. The second-order valence-electron chi connectivity index (χ2n) is 7.62. The number of rotatable bonds is 8. The van der Waals surface area contributed by atoms with E-state index in [0.717, 1.165) is 43.7 Å². The maximum atomic E-state index is 10.3. The summed E-state index contributed by atoms with van der Waals surface area (Å²) >= 11 is 0. The van der Waals surface area contributed by atoms with Crippen molar-refractivity contribution in [1.29, 1.82) is 0 Å². The van der Waals surface area contributed by atoms with Gasteiger partial charge in [-0.1, -0.05) is 0 Å². The zero-order valence-electron chi connectivity index (χ0n) is 17.7. The van der Waals surface area contributed by atoms with Gasteiger partial charge in [-0.3, -0.25) is 19.5 Å². The zero-order chi connectivity index (χ0) is 24.4. The Morgan fingerprint density at radius 1 is 1.09 bits per heavy atom. The zero-order valence-corrected chi connectivity index (χ0v) is 17.7. The number of aliphatic hydroxyl groups is 2. The van der Waals surface area contributed by atoms with Crippen LogP contribution in [0.25, 0.3) is 11.4 Å². The molecule has 1 fully saturated rings. The number of nitrogens with zero attached hydrogens (tertiary/aromatic N) is 4. The van der Waals surface area contributed by atoms with Crippen molar-refractivity contribution in [3.63, 3.8) is 0 Å². The van der Waals surface area contributed by atoms with Gasteiger partial charge in [-0.25, -0.2) is 14.8 Å². The van der Waals surface area contributed by atoms with E-state index in [1.807, 2.05) is 18.2 Å². The first-order chi connectivity index (χ1) is 15.6. The summed E-state index contributed by atoms with van der Waals surface area (Å²) < 4.78 is 0. The van der Waals surface area contributed by atoms with E-state index >= 15 is 0 Å². The number of hydrogen-bond donors (Lipinski definition) is 5. The second kappa shape index (κ2) is 11.9. The molecular weight excluding hydrogens is 436 g/mol. The molecule has 0 aliphatic carbocycles. The Morgan fingerprint density at radius 3 is 2.33 bits per heavy atom. The molecule has 0 spiro atoms. The lowest BCUT2D eigenvalue weighted by Crippen LogP contribution is -2.42. The van der Waals surface area contributed by atoms with E-state index in [1.165, 1.54) is 0 Å². The average Bonchev–Trinajstić information content (AvgIpc) is 2.74. The summed E-state index contributed by atoms with van der Waals surface area (Å²) in [7, 11) is 0. The monoisotopic (exact) mass is 462 g/mol. The summed E-state index contributed by atoms with van der Waals surface area (Å²) in [6.45, 7) is 2.50. The van der Waals surface area contributed by atoms with Crippen molar-refractivity contribution in [2.24, 2.45) is 0 Å². The molecule has 1 unspecified atom stereocenters. The third kappa shape index (κ3) is 8.52. The van der Waals surface area contributed by atoms with Crippen LogP contribution in [-0.2, 0) is 20.9 Å². The van der Waals surface area contributed by atoms with Crippen LogP contribution in [0.2, 0.25) is 0 Å². The molecule has 12 heteroatoms. The molecule has 12 nitrogen and oxygen atoms in total. The highest BCUT2D eigenvalue weighted by Gasteiger charge is 2.40. The molecule has 0 bridgehead atoms. The lowest BCUT2D eigenvalue weighted by Gasteiger charge is -2.29.